The third kappa shape index (κ3) is 4.58. The van der Waals surface area contributed by atoms with Crippen molar-refractivity contribution in [2.75, 3.05) is 13.2 Å². The summed E-state index contributed by atoms with van der Waals surface area (Å²) in [7, 11) is 0. The molecule has 1 N–H and O–H groups in total. The summed E-state index contributed by atoms with van der Waals surface area (Å²) in [5.41, 5.74) is 0. The van der Waals surface area contributed by atoms with Crippen molar-refractivity contribution in [1.82, 2.24) is 0 Å². The molecule has 0 aromatic carbocycles. The van der Waals surface area contributed by atoms with Crippen LogP contribution in [0.2, 0.25) is 0 Å². The highest BCUT2D eigenvalue weighted by atomic mass is 35.6. The van der Waals surface area contributed by atoms with Crippen molar-refractivity contribution in [3.8, 4) is 0 Å². The standard InChI is InChI=1S/C5H9Cl3O2/c1-2-10-3-4(9)5(6,7)8/h4,9H,2-3H2,1H3. The van der Waals surface area contributed by atoms with Crippen LogP contribution in [0.5, 0.6) is 0 Å². The molecular weight excluding hydrogens is 198 g/mol. The van der Waals surface area contributed by atoms with Crippen molar-refractivity contribution in [1.29, 1.82) is 0 Å². The van der Waals surface area contributed by atoms with Gasteiger partial charge in [-0.15, -0.1) is 0 Å². The topological polar surface area (TPSA) is 29.5 Å². The predicted molar refractivity (Wildman–Crippen MR) is 42.8 cm³/mol. The summed E-state index contributed by atoms with van der Waals surface area (Å²) in [4.78, 5) is 0. The summed E-state index contributed by atoms with van der Waals surface area (Å²) in [6.45, 7) is 2.34. The summed E-state index contributed by atoms with van der Waals surface area (Å²) >= 11 is 16.0. The van der Waals surface area contributed by atoms with Gasteiger partial charge in [0.2, 0.25) is 3.79 Å². The van der Waals surface area contributed by atoms with E-state index in [0.29, 0.717) is 6.61 Å². The number of aliphatic hydroxyl groups is 1. The Balaban J connectivity index is 3.52. The molecule has 0 aromatic heterocycles. The highest BCUT2D eigenvalue weighted by Gasteiger charge is 2.30. The first kappa shape index (κ1) is 10.8. The molecule has 2 nitrogen and oxygen atoms in total. The Morgan fingerprint density at radius 3 is 2.30 bits per heavy atom. The van der Waals surface area contributed by atoms with Crippen LogP contribution in [0, 0.1) is 0 Å². The van der Waals surface area contributed by atoms with Crippen LogP contribution in [0.25, 0.3) is 0 Å². The normalized spacial score (nSPS) is 15.3. The Bertz CT molecular complexity index is 91.4. The zero-order valence-electron chi connectivity index (χ0n) is 5.48. The highest BCUT2D eigenvalue weighted by Crippen LogP contribution is 2.30. The predicted octanol–water partition coefficient (Wildman–Crippen LogP) is 1.75. The molecule has 0 amide bonds. The molecule has 0 rings (SSSR count). The van der Waals surface area contributed by atoms with E-state index in [1.54, 1.807) is 6.92 Å². The Morgan fingerprint density at radius 1 is 1.50 bits per heavy atom. The molecule has 0 aliphatic rings. The molecule has 0 fully saturated rings. The monoisotopic (exact) mass is 206 g/mol. The summed E-state index contributed by atoms with van der Waals surface area (Å²) in [5.74, 6) is 0. The fourth-order valence-corrected chi connectivity index (χ4v) is 0.513. The lowest BCUT2D eigenvalue weighted by atomic mass is 10.4. The van der Waals surface area contributed by atoms with E-state index >= 15 is 0 Å². The molecule has 0 saturated carbocycles. The van der Waals surface area contributed by atoms with Crippen LogP contribution in [0.3, 0.4) is 0 Å². The van der Waals surface area contributed by atoms with Crippen molar-refractivity contribution in [3.63, 3.8) is 0 Å². The average molecular weight is 207 g/mol. The number of ether oxygens (including phenoxy) is 1. The second kappa shape index (κ2) is 4.62. The summed E-state index contributed by atoms with van der Waals surface area (Å²) < 4.78 is 3.17. The minimum absolute atomic E-state index is 0.0486. The maximum Gasteiger partial charge on any atom is 0.218 e. The largest absolute Gasteiger partial charge is 0.386 e. The molecule has 0 radical (unpaired) electrons. The van der Waals surface area contributed by atoms with E-state index in [1.807, 2.05) is 0 Å². The third-order valence-electron chi connectivity index (χ3n) is 0.858. The van der Waals surface area contributed by atoms with Gasteiger partial charge in [-0.25, -0.2) is 0 Å². The van der Waals surface area contributed by atoms with Gasteiger partial charge in [0.25, 0.3) is 0 Å². The molecule has 0 spiro atoms. The van der Waals surface area contributed by atoms with Gasteiger partial charge in [0.1, 0.15) is 6.10 Å². The first-order chi connectivity index (χ1) is 4.48. The average Bonchev–Trinajstić information content (AvgIpc) is 1.80. The van der Waals surface area contributed by atoms with Gasteiger partial charge >= 0.3 is 0 Å². The van der Waals surface area contributed by atoms with Crippen LogP contribution in [0.1, 0.15) is 6.92 Å². The van der Waals surface area contributed by atoms with Crippen LogP contribution >= 0.6 is 34.8 Å². The fourth-order valence-electron chi connectivity index (χ4n) is 0.324. The van der Waals surface area contributed by atoms with Crippen LogP contribution in [0.15, 0.2) is 0 Å². The van der Waals surface area contributed by atoms with Gasteiger partial charge in [-0.3, -0.25) is 0 Å². The van der Waals surface area contributed by atoms with E-state index in [4.69, 9.17) is 44.6 Å². The van der Waals surface area contributed by atoms with E-state index < -0.39 is 9.90 Å². The number of alkyl halides is 3. The van der Waals surface area contributed by atoms with E-state index in [2.05, 4.69) is 0 Å². The number of aliphatic hydroxyl groups excluding tert-OH is 1. The Hall–Kier alpha value is 0.790. The van der Waals surface area contributed by atoms with E-state index in [9.17, 15) is 0 Å². The number of hydrogen-bond acceptors (Lipinski definition) is 2. The van der Waals surface area contributed by atoms with Crippen molar-refractivity contribution in [3.05, 3.63) is 0 Å². The quantitative estimate of drug-likeness (QED) is 0.715. The minimum Gasteiger partial charge on any atom is -0.386 e. The van der Waals surface area contributed by atoms with Gasteiger partial charge in [0.05, 0.1) is 6.61 Å². The van der Waals surface area contributed by atoms with Gasteiger partial charge in [-0.1, -0.05) is 34.8 Å². The van der Waals surface area contributed by atoms with Gasteiger partial charge in [-0.05, 0) is 6.92 Å². The Morgan fingerprint density at radius 2 is 2.00 bits per heavy atom. The van der Waals surface area contributed by atoms with Crippen molar-refractivity contribution in [2.24, 2.45) is 0 Å². The number of rotatable bonds is 3. The van der Waals surface area contributed by atoms with Gasteiger partial charge < -0.3 is 9.84 Å². The van der Waals surface area contributed by atoms with Crippen LogP contribution in [0.4, 0.5) is 0 Å². The van der Waals surface area contributed by atoms with E-state index in [1.165, 1.54) is 0 Å². The molecule has 0 saturated heterocycles. The Kier molecular flexibility index (Phi) is 4.99. The SMILES string of the molecule is CCOCC(O)C(Cl)(Cl)Cl. The molecule has 1 atom stereocenters. The molecule has 10 heavy (non-hydrogen) atoms. The first-order valence-corrected chi connectivity index (χ1v) is 3.94. The molecule has 0 heterocycles. The van der Waals surface area contributed by atoms with Crippen LogP contribution < -0.4 is 0 Å². The maximum atomic E-state index is 9.00. The van der Waals surface area contributed by atoms with Crippen LogP contribution in [-0.2, 0) is 4.74 Å². The zero-order valence-corrected chi connectivity index (χ0v) is 7.75. The number of halogens is 3. The van der Waals surface area contributed by atoms with Crippen LogP contribution in [-0.4, -0.2) is 28.2 Å². The molecular formula is C5H9Cl3O2. The lowest BCUT2D eigenvalue weighted by molar-refractivity contribution is 0.0448. The van der Waals surface area contributed by atoms with Crippen molar-refractivity contribution < 1.29 is 9.84 Å². The summed E-state index contributed by atoms with van der Waals surface area (Å²) in [6.07, 6.45) is -1.06. The minimum atomic E-state index is -1.64. The van der Waals surface area contributed by atoms with Crippen molar-refractivity contribution >= 4 is 34.8 Å². The molecule has 1 unspecified atom stereocenters. The van der Waals surface area contributed by atoms with E-state index in [-0.39, 0.29) is 6.61 Å². The second-order valence-electron chi connectivity index (χ2n) is 1.72. The van der Waals surface area contributed by atoms with Gasteiger partial charge in [0.15, 0.2) is 0 Å². The molecule has 0 aliphatic heterocycles. The zero-order chi connectivity index (χ0) is 8.20. The Labute approximate surface area is 75.0 Å². The molecule has 0 aliphatic carbocycles. The van der Waals surface area contributed by atoms with Crippen molar-refractivity contribution in [2.45, 2.75) is 16.8 Å². The fraction of sp³-hybridized carbons (Fsp3) is 1.00. The maximum absolute atomic E-state index is 9.00. The number of hydrogen-bond donors (Lipinski definition) is 1. The summed E-state index contributed by atoms with van der Waals surface area (Å²) in [5, 5.41) is 9.00. The summed E-state index contributed by atoms with van der Waals surface area (Å²) in [6, 6.07) is 0. The first-order valence-electron chi connectivity index (χ1n) is 2.81. The van der Waals surface area contributed by atoms with Gasteiger partial charge in [0, 0.05) is 6.61 Å². The lowest BCUT2D eigenvalue weighted by Crippen LogP contribution is -2.30. The molecule has 62 valence electrons. The highest BCUT2D eigenvalue weighted by molar-refractivity contribution is 6.68. The molecule has 0 bridgehead atoms. The van der Waals surface area contributed by atoms with Gasteiger partial charge in [-0.2, -0.15) is 0 Å². The molecule has 0 aromatic rings. The second-order valence-corrected chi connectivity index (χ2v) is 4.09. The van der Waals surface area contributed by atoms with E-state index in [0.717, 1.165) is 0 Å². The molecule has 5 heteroatoms. The lowest BCUT2D eigenvalue weighted by Gasteiger charge is -2.17. The third-order valence-corrected chi connectivity index (χ3v) is 1.61. The smallest absolute Gasteiger partial charge is 0.218 e.